The summed E-state index contributed by atoms with van der Waals surface area (Å²) < 4.78 is 5.68. The summed E-state index contributed by atoms with van der Waals surface area (Å²) in [6.07, 6.45) is 7.36. The van der Waals surface area contributed by atoms with Gasteiger partial charge in [0, 0.05) is 6.42 Å². The molecule has 2 aromatic carbocycles. The first-order valence-electron chi connectivity index (χ1n) is 10.3. The molecular formula is C24H27NO5. The van der Waals surface area contributed by atoms with Crippen molar-refractivity contribution < 1.29 is 24.5 Å². The van der Waals surface area contributed by atoms with Crippen LogP contribution in [0, 0.1) is 5.92 Å². The average molecular weight is 409 g/mol. The second kappa shape index (κ2) is 10.5. The second-order valence-electron chi connectivity index (χ2n) is 7.63. The number of phenolic OH excluding ortho intramolecular Hbond substituents is 1. The van der Waals surface area contributed by atoms with Crippen molar-refractivity contribution in [2.75, 3.05) is 0 Å². The topological polar surface area (TPSA) is 95.9 Å². The molecule has 0 aliphatic heterocycles. The van der Waals surface area contributed by atoms with Gasteiger partial charge >= 0.3 is 5.97 Å². The van der Waals surface area contributed by atoms with Crippen molar-refractivity contribution in [3.05, 3.63) is 65.4 Å². The Morgan fingerprint density at radius 1 is 1.10 bits per heavy atom. The summed E-state index contributed by atoms with van der Waals surface area (Å²) in [5.41, 5.74) is 1.35. The van der Waals surface area contributed by atoms with Crippen LogP contribution in [0.5, 0.6) is 11.5 Å². The van der Waals surface area contributed by atoms with Crippen LogP contribution in [0.3, 0.4) is 0 Å². The first-order chi connectivity index (χ1) is 14.5. The number of hydrogen-bond acceptors (Lipinski definition) is 4. The van der Waals surface area contributed by atoms with E-state index < -0.39 is 5.97 Å². The van der Waals surface area contributed by atoms with Gasteiger partial charge in [0.1, 0.15) is 23.8 Å². The molecule has 0 aromatic heterocycles. The Balaban J connectivity index is 1.55. The van der Waals surface area contributed by atoms with Gasteiger partial charge in [-0.15, -0.1) is 0 Å². The number of carboxylic acids is 1. The smallest absolute Gasteiger partial charge is 0.352 e. The molecule has 0 saturated heterocycles. The molecule has 1 amide bonds. The lowest BCUT2D eigenvalue weighted by Gasteiger charge is -2.10. The molecule has 0 unspecified atom stereocenters. The van der Waals surface area contributed by atoms with Gasteiger partial charge in [-0.25, -0.2) is 4.79 Å². The van der Waals surface area contributed by atoms with E-state index >= 15 is 0 Å². The number of rotatable bonds is 9. The van der Waals surface area contributed by atoms with Crippen molar-refractivity contribution in [2.24, 2.45) is 5.92 Å². The van der Waals surface area contributed by atoms with Crippen molar-refractivity contribution in [1.29, 1.82) is 0 Å². The Hall–Kier alpha value is -3.28. The maximum atomic E-state index is 12.1. The highest BCUT2D eigenvalue weighted by Gasteiger charge is 2.17. The van der Waals surface area contributed by atoms with Crippen LogP contribution in [0.25, 0.3) is 6.08 Å². The molecule has 0 bridgehead atoms. The molecule has 1 fully saturated rings. The summed E-state index contributed by atoms with van der Waals surface area (Å²) in [6, 6.07) is 13.7. The van der Waals surface area contributed by atoms with Gasteiger partial charge in [0.25, 0.3) is 0 Å². The van der Waals surface area contributed by atoms with Crippen molar-refractivity contribution in [3.63, 3.8) is 0 Å². The highest BCUT2D eigenvalue weighted by atomic mass is 16.5. The summed E-state index contributed by atoms with van der Waals surface area (Å²) >= 11 is 0. The van der Waals surface area contributed by atoms with E-state index in [2.05, 4.69) is 5.32 Å². The minimum absolute atomic E-state index is 0.139. The van der Waals surface area contributed by atoms with Crippen molar-refractivity contribution in [1.82, 2.24) is 5.32 Å². The summed E-state index contributed by atoms with van der Waals surface area (Å²) in [5.74, 6) is -0.0495. The lowest BCUT2D eigenvalue weighted by atomic mass is 10.0. The Bertz CT molecular complexity index is 898. The largest absolute Gasteiger partial charge is 0.508 e. The fraction of sp³-hybridized carbons (Fsp3) is 0.333. The van der Waals surface area contributed by atoms with E-state index in [1.54, 1.807) is 42.5 Å². The predicted octanol–water partition coefficient (Wildman–Crippen LogP) is 4.48. The Morgan fingerprint density at radius 3 is 2.50 bits per heavy atom. The SMILES string of the molecule is O=C(CCC1CCCC1)N/C(=C\c1ccc(OCc2cccc(O)c2)cc1)C(=O)O. The quantitative estimate of drug-likeness (QED) is 0.531. The first kappa shape index (κ1) is 21.4. The van der Waals surface area contributed by atoms with Crippen LogP contribution >= 0.6 is 0 Å². The van der Waals surface area contributed by atoms with Crippen molar-refractivity contribution in [2.45, 2.75) is 45.1 Å². The molecule has 1 aliphatic rings. The number of aromatic hydroxyl groups is 1. The number of hydrogen-bond donors (Lipinski definition) is 3. The van der Waals surface area contributed by atoms with Crippen LogP contribution in [0.2, 0.25) is 0 Å². The van der Waals surface area contributed by atoms with Gasteiger partial charge in [0.15, 0.2) is 0 Å². The molecule has 0 radical (unpaired) electrons. The van der Waals surface area contributed by atoms with Crippen LogP contribution in [0.15, 0.2) is 54.2 Å². The third kappa shape index (κ3) is 6.65. The third-order valence-corrected chi connectivity index (χ3v) is 5.27. The van der Waals surface area contributed by atoms with E-state index in [4.69, 9.17) is 4.74 Å². The molecule has 158 valence electrons. The Labute approximate surface area is 176 Å². The number of nitrogens with one attached hydrogen (secondary N) is 1. The molecule has 1 aliphatic carbocycles. The number of phenols is 1. The van der Waals surface area contributed by atoms with Gasteiger partial charge in [-0.3, -0.25) is 4.79 Å². The molecule has 6 nitrogen and oxygen atoms in total. The minimum atomic E-state index is -1.17. The zero-order valence-corrected chi connectivity index (χ0v) is 16.8. The maximum absolute atomic E-state index is 12.1. The lowest BCUT2D eigenvalue weighted by molar-refractivity contribution is -0.134. The molecule has 0 heterocycles. The molecule has 0 spiro atoms. The van der Waals surface area contributed by atoms with E-state index in [0.29, 0.717) is 30.3 Å². The number of carboxylic acid groups (broad SMARTS) is 1. The number of aliphatic carboxylic acids is 1. The highest BCUT2D eigenvalue weighted by molar-refractivity contribution is 5.96. The normalized spacial score (nSPS) is 14.5. The van der Waals surface area contributed by atoms with E-state index in [1.165, 1.54) is 18.9 Å². The summed E-state index contributed by atoms with van der Waals surface area (Å²) in [4.78, 5) is 23.7. The molecule has 2 aromatic rings. The number of benzene rings is 2. The summed E-state index contributed by atoms with van der Waals surface area (Å²) in [5, 5.41) is 21.4. The monoisotopic (exact) mass is 409 g/mol. The predicted molar refractivity (Wildman–Crippen MR) is 114 cm³/mol. The Kier molecular flexibility index (Phi) is 7.49. The van der Waals surface area contributed by atoms with Gasteiger partial charge in [-0.05, 0) is 53.8 Å². The molecule has 3 rings (SSSR count). The lowest BCUT2D eigenvalue weighted by Crippen LogP contribution is -2.27. The standard InChI is InChI=1S/C24H27NO5/c26-20-7-3-6-19(14-20)16-30-21-11-8-18(9-12-21)15-22(24(28)29)25-23(27)13-10-17-4-1-2-5-17/h3,6-9,11-12,14-15,17,26H,1-2,4-5,10,13,16H2,(H,25,27)(H,28,29)/b22-15-. The van der Waals surface area contributed by atoms with E-state index in [0.717, 1.165) is 24.8 Å². The van der Waals surface area contributed by atoms with Gasteiger partial charge < -0.3 is 20.3 Å². The van der Waals surface area contributed by atoms with Gasteiger partial charge in [0.05, 0.1) is 0 Å². The number of carbonyl (C=O) groups is 2. The van der Waals surface area contributed by atoms with Gasteiger partial charge in [-0.1, -0.05) is 49.9 Å². The molecule has 30 heavy (non-hydrogen) atoms. The highest BCUT2D eigenvalue weighted by Crippen LogP contribution is 2.28. The van der Waals surface area contributed by atoms with E-state index in [-0.39, 0.29) is 17.4 Å². The number of carbonyl (C=O) groups excluding carboxylic acids is 1. The fourth-order valence-corrected chi connectivity index (χ4v) is 3.64. The van der Waals surface area contributed by atoms with Gasteiger partial charge in [0.2, 0.25) is 5.91 Å². The second-order valence-corrected chi connectivity index (χ2v) is 7.63. The van der Waals surface area contributed by atoms with Crippen LogP contribution < -0.4 is 10.1 Å². The van der Waals surface area contributed by atoms with Gasteiger partial charge in [-0.2, -0.15) is 0 Å². The molecule has 1 saturated carbocycles. The molecule has 6 heteroatoms. The average Bonchev–Trinajstić information content (AvgIpc) is 3.25. The maximum Gasteiger partial charge on any atom is 0.352 e. The fourth-order valence-electron chi connectivity index (χ4n) is 3.64. The third-order valence-electron chi connectivity index (χ3n) is 5.27. The number of amides is 1. The minimum Gasteiger partial charge on any atom is -0.508 e. The van der Waals surface area contributed by atoms with Crippen molar-refractivity contribution in [3.8, 4) is 11.5 Å². The Morgan fingerprint density at radius 2 is 1.83 bits per heavy atom. The van der Waals surface area contributed by atoms with Crippen LogP contribution in [-0.2, 0) is 16.2 Å². The zero-order chi connectivity index (χ0) is 21.3. The zero-order valence-electron chi connectivity index (χ0n) is 16.8. The summed E-state index contributed by atoms with van der Waals surface area (Å²) in [6.45, 7) is 0.307. The van der Waals surface area contributed by atoms with Crippen LogP contribution in [-0.4, -0.2) is 22.1 Å². The van der Waals surface area contributed by atoms with Crippen LogP contribution in [0.1, 0.15) is 49.7 Å². The summed E-state index contributed by atoms with van der Waals surface area (Å²) in [7, 11) is 0. The van der Waals surface area contributed by atoms with Crippen LogP contribution in [0.4, 0.5) is 0 Å². The first-order valence-corrected chi connectivity index (χ1v) is 10.3. The molecule has 0 atom stereocenters. The molecular weight excluding hydrogens is 382 g/mol. The van der Waals surface area contributed by atoms with E-state index in [1.807, 2.05) is 6.07 Å². The number of ether oxygens (including phenoxy) is 1. The van der Waals surface area contributed by atoms with Crippen molar-refractivity contribution >= 4 is 18.0 Å². The van der Waals surface area contributed by atoms with E-state index in [9.17, 15) is 19.8 Å². The molecule has 3 N–H and O–H groups in total.